The van der Waals surface area contributed by atoms with Crippen LogP contribution in [0.25, 0.3) is 0 Å². The van der Waals surface area contributed by atoms with Gasteiger partial charge in [0.05, 0.1) is 12.4 Å². The molecular weight excluding hydrogens is 304 g/mol. The summed E-state index contributed by atoms with van der Waals surface area (Å²) in [5.74, 6) is -1.27. The predicted octanol–water partition coefficient (Wildman–Crippen LogP) is 0.227. The lowest BCUT2D eigenvalue weighted by Crippen LogP contribution is -2.30. The molecule has 0 saturated heterocycles. The maximum absolute atomic E-state index is 12.2. The minimum absolute atomic E-state index is 0.171. The summed E-state index contributed by atoms with van der Waals surface area (Å²) in [5, 5.41) is 19.5. The van der Waals surface area contributed by atoms with Crippen LogP contribution in [0.5, 0.6) is 0 Å². The zero-order valence-corrected chi connectivity index (χ0v) is 12.8. The largest absolute Gasteiger partial charge is 0.477 e. The van der Waals surface area contributed by atoms with E-state index in [4.69, 9.17) is 9.84 Å². The van der Waals surface area contributed by atoms with E-state index in [1.165, 1.54) is 0 Å². The lowest BCUT2D eigenvalue weighted by atomic mass is 10.2. The van der Waals surface area contributed by atoms with Crippen molar-refractivity contribution in [2.24, 2.45) is 0 Å². The zero-order valence-electron chi connectivity index (χ0n) is 12.8. The number of hydrogen-bond acceptors (Lipinski definition) is 6. The molecule has 0 saturated carbocycles. The van der Waals surface area contributed by atoms with Gasteiger partial charge in [0.1, 0.15) is 6.33 Å². The fourth-order valence-electron chi connectivity index (χ4n) is 2.11. The minimum atomic E-state index is -1.25. The Morgan fingerprint density at radius 2 is 2.30 bits per heavy atom. The Bertz CT molecular complexity index is 680. The molecule has 1 atom stereocenters. The first-order valence-electron chi connectivity index (χ1n) is 6.98. The van der Waals surface area contributed by atoms with Crippen LogP contribution in [-0.4, -0.2) is 55.4 Å². The molecule has 2 rings (SSSR count). The second kappa shape index (κ2) is 7.49. The molecule has 0 fully saturated rings. The molecule has 1 amide bonds. The van der Waals surface area contributed by atoms with Crippen LogP contribution in [0.1, 0.15) is 46.2 Å². The number of carboxylic acids is 1. The fraction of sp³-hybridized carbons (Fsp3) is 0.462. The number of amides is 1. The summed E-state index contributed by atoms with van der Waals surface area (Å²) in [6.07, 6.45) is 3.52. The van der Waals surface area contributed by atoms with Crippen molar-refractivity contribution in [2.75, 3.05) is 13.7 Å². The number of aromatic amines is 1. The molecule has 23 heavy (non-hydrogen) atoms. The van der Waals surface area contributed by atoms with E-state index in [1.54, 1.807) is 20.4 Å². The predicted molar refractivity (Wildman–Crippen MR) is 77.9 cm³/mol. The van der Waals surface area contributed by atoms with Crippen LogP contribution in [-0.2, 0) is 11.3 Å². The summed E-state index contributed by atoms with van der Waals surface area (Å²) >= 11 is 0. The Labute approximate surface area is 131 Å². The van der Waals surface area contributed by atoms with Crippen molar-refractivity contribution in [1.29, 1.82) is 0 Å². The fourth-order valence-corrected chi connectivity index (χ4v) is 2.11. The van der Waals surface area contributed by atoms with Gasteiger partial charge in [-0.05, 0) is 13.3 Å². The van der Waals surface area contributed by atoms with Crippen LogP contribution in [0.3, 0.4) is 0 Å². The van der Waals surface area contributed by atoms with E-state index in [1.807, 2.05) is 4.57 Å². The second-order valence-electron chi connectivity index (χ2n) is 4.86. The maximum Gasteiger partial charge on any atom is 0.354 e. The van der Waals surface area contributed by atoms with Crippen LogP contribution in [0.15, 0.2) is 12.7 Å². The minimum Gasteiger partial charge on any atom is -0.477 e. The highest BCUT2D eigenvalue weighted by Crippen LogP contribution is 2.11. The number of ether oxygens (including phenoxy) is 1. The molecule has 0 aliphatic carbocycles. The molecule has 2 aromatic heterocycles. The number of carboxylic acid groups (broad SMARTS) is 1. The molecule has 0 aliphatic heterocycles. The Hall–Kier alpha value is -2.75. The maximum atomic E-state index is 12.2. The number of aromatic nitrogens is 5. The normalized spacial score (nSPS) is 12.1. The molecule has 2 aromatic rings. The number of carbonyl (C=O) groups is 2. The van der Waals surface area contributed by atoms with Crippen molar-refractivity contribution in [2.45, 2.75) is 25.9 Å². The van der Waals surface area contributed by atoms with Gasteiger partial charge in [0.2, 0.25) is 0 Å². The van der Waals surface area contributed by atoms with Crippen LogP contribution >= 0.6 is 0 Å². The first kappa shape index (κ1) is 16.6. The zero-order chi connectivity index (χ0) is 16.8. The number of nitrogens with zero attached hydrogens (tertiary/aromatic N) is 4. The van der Waals surface area contributed by atoms with E-state index in [-0.39, 0.29) is 11.4 Å². The number of imidazole rings is 1. The number of hydrogen-bond donors (Lipinski definition) is 3. The Morgan fingerprint density at radius 3 is 3.00 bits per heavy atom. The molecular formula is C13H18N6O4. The van der Waals surface area contributed by atoms with E-state index < -0.39 is 17.9 Å². The van der Waals surface area contributed by atoms with Gasteiger partial charge in [0.15, 0.2) is 17.2 Å². The quantitative estimate of drug-likeness (QED) is 0.592. The number of nitrogens with one attached hydrogen (secondary N) is 2. The van der Waals surface area contributed by atoms with Crippen molar-refractivity contribution in [1.82, 2.24) is 30.0 Å². The molecule has 10 heteroatoms. The first-order chi connectivity index (χ1) is 11.0. The first-order valence-corrected chi connectivity index (χ1v) is 6.98. The highest BCUT2D eigenvalue weighted by Gasteiger charge is 2.23. The van der Waals surface area contributed by atoms with Gasteiger partial charge >= 0.3 is 5.97 Å². The van der Waals surface area contributed by atoms with Crippen LogP contribution in [0.2, 0.25) is 0 Å². The van der Waals surface area contributed by atoms with Crippen molar-refractivity contribution in [3.63, 3.8) is 0 Å². The van der Waals surface area contributed by atoms with E-state index in [0.717, 1.165) is 12.7 Å². The van der Waals surface area contributed by atoms with Gasteiger partial charge in [0.25, 0.3) is 5.91 Å². The molecule has 2 heterocycles. The van der Waals surface area contributed by atoms with Gasteiger partial charge in [-0.15, -0.1) is 10.2 Å². The topological polar surface area (TPSA) is 135 Å². The van der Waals surface area contributed by atoms with Gasteiger partial charge in [0, 0.05) is 20.3 Å². The Morgan fingerprint density at radius 1 is 1.52 bits per heavy atom. The summed E-state index contributed by atoms with van der Waals surface area (Å²) in [5.41, 5.74) is -0.425. The van der Waals surface area contributed by atoms with Crippen molar-refractivity contribution >= 4 is 11.9 Å². The SMILES string of the molecule is COCCCn1cnnc1[C@@H](C)NC(=O)c1nc[nH]c1C(=O)O. The number of aryl methyl sites for hydroxylation is 1. The average Bonchev–Trinajstić information content (AvgIpc) is 3.16. The van der Waals surface area contributed by atoms with Crippen molar-refractivity contribution in [3.05, 3.63) is 29.9 Å². The molecule has 0 bridgehead atoms. The second-order valence-corrected chi connectivity index (χ2v) is 4.86. The standard InChI is InChI=1S/C13H18N6O4/c1-8(11-18-16-7-19(11)4-3-5-23-2)17-12(20)9-10(13(21)22)15-6-14-9/h6-8H,3-5H2,1-2H3,(H,14,15)(H,17,20)(H,21,22)/t8-/m1/s1. The third-order valence-corrected chi connectivity index (χ3v) is 3.20. The monoisotopic (exact) mass is 322 g/mol. The third-order valence-electron chi connectivity index (χ3n) is 3.20. The van der Waals surface area contributed by atoms with E-state index in [0.29, 0.717) is 19.0 Å². The molecule has 124 valence electrons. The number of methoxy groups -OCH3 is 1. The molecule has 3 N–H and O–H groups in total. The molecule has 10 nitrogen and oxygen atoms in total. The van der Waals surface area contributed by atoms with Gasteiger partial charge in [-0.2, -0.15) is 0 Å². The summed E-state index contributed by atoms with van der Waals surface area (Å²) in [4.78, 5) is 29.4. The van der Waals surface area contributed by atoms with Gasteiger partial charge in [-0.3, -0.25) is 4.79 Å². The van der Waals surface area contributed by atoms with E-state index >= 15 is 0 Å². The van der Waals surface area contributed by atoms with Gasteiger partial charge in [-0.1, -0.05) is 0 Å². The van der Waals surface area contributed by atoms with E-state index in [9.17, 15) is 9.59 Å². The number of rotatable bonds is 8. The number of carbonyl (C=O) groups excluding carboxylic acids is 1. The third kappa shape index (κ3) is 3.92. The molecule has 0 aliphatic rings. The molecule has 0 aromatic carbocycles. The highest BCUT2D eigenvalue weighted by molar-refractivity contribution is 6.02. The lowest BCUT2D eigenvalue weighted by Gasteiger charge is -2.14. The summed E-state index contributed by atoms with van der Waals surface area (Å²) in [6, 6.07) is -0.453. The number of H-pyrrole nitrogens is 1. The van der Waals surface area contributed by atoms with Crippen molar-refractivity contribution < 1.29 is 19.4 Å². The van der Waals surface area contributed by atoms with Crippen molar-refractivity contribution in [3.8, 4) is 0 Å². The number of aromatic carboxylic acids is 1. The Balaban J connectivity index is 2.05. The van der Waals surface area contributed by atoms with Crippen LogP contribution in [0.4, 0.5) is 0 Å². The Kier molecular flexibility index (Phi) is 5.41. The van der Waals surface area contributed by atoms with Gasteiger partial charge in [-0.25, -0.2) is 9.78 Å². The van der Waals surface area contributed by atoms with Gasteiger partial charge < -0.3 is 24.7 Å². The average molecular weight is 322 g/mol. The smallest absolute Gasteiger partial charge is 0.354 e. The molecule has 0 unspecified atom stereocenters. The van der Waals surface area contributed by atoms with E-state index in [2.05, 4.69) is 25.5 Å². The van der Waals surface area contributed by atoms with Crippen LogP contribution in [0, 0.1) is 0 Å². The molecule has 0 radical (unpaired) electrons. The van der Waals surface area contributed by atoms with Crippen LogP contribution < -0.4 is 5.32 Å². The highest BCUT2D eigenvalue weighted by atomic mass is 16.5. The summed E-state index contributed by atoms with van der Waals surface area (Å²) in [7, 11) is 1.62. The lowest BCUT2D eigenvalue weighted by molar-refractivity contribution is 0.0684. The summed E-state index contributed by atoms with van der Waals surface area (Å²) < 4.78 is 6.81. The summed E-state index contributed by atoms with van der Waals surface area (Å²) in [6.45, 7) is 2.99. The molecule has 0 spiro atoms.